The summed E-state index contributed by atoms with van der Waals surface area (Å²) >= 11 is 5.94. The lowest BCUT2D eigenvalue weighted by Gasteiger charge is -2.25. The monoisotopic (exact) mass is 450 g/mol. The first-order valence-electron chi connectivity index (χ1n) is 10.7. The summed E-state index contributed by atoms with van der Waals surface area (Å²) in [6.45, 7) is 0. The zero-order valence-electron chi connectivity index (χ0n) is 17.7. The predicted octanol–water partition coefficient (Wildman–Crippen LogP) is 4.78. The quantitative estimate of drug-likeness (QED) is 0.546. The van der Waals surface area contributed by atoms with Crippen LogP contribution in [0.25, 0.3) is 11.1 Å². The fourth-order valence-electron chi connectivity index (χ4n) is 4.11. The highest BCUT2D eigenvalue weighted by Crippen LogP contribution is 2.48. The molecule has 2 saturated carbocycles. The molecule has 32 heavy (non-hydrogen) atoms. The van der Waals surface area contributed by atoms with E-state index >= 15 is 0 Å². The number of anilines is 1. The van der Waals surface area contributed by atoms with Crippen molar-refractivity contribution in [3.05, 3.63) is 65.2 Å². The molecule has 0 unspecified atom stereocenters. The maximum Gasteiger partial charge on any atom is 0.338 e. The topological polar surface area (TPSA) is 86.1 Å². The van der Waals surface area contributed by atoms with Crippen LogP contribution >= 0.6 is 11.6 Å². The van der Waals surface area contributed by atoms with Crippen molar-refractivity contribution in [2.75, 3.05) is 12.4 Å². The van der Waals surface area contributed by atoms with Crippen LogP contribution in [0.2, 0.25) is 5.02 Å². The Hall–Kier alpha value is -3.19. The van der Waals surface area contributed by atoms with Crippen LogP contribution in [0.5, 0.6) is 0 Å². The van der Waals surface area contributed by atoms with Gasteiger partial charge in [0, 0.05) is 23.6 Å². The Morgan fingerprint density at radius 2 is 2.00 bits per heavy atom. The number of nitrogens with zero attached hydrogens (tertiary/aromatic N) is 3. The molecule has 1 amide bonds. The lowest BCUT2D eigenvalue weighted by atomic mass is 9.93. The molecule has 2 heterocycles. The van der Waals surface area contributed by atoms with E-state index in [-0.39, 0.29) is 5.91 Å². The number of carbonyl (C=O) groups excluding carboxylic acids is 2. The second-order valence-corrected chi connectivity index (χ2v) is 8.88. The molecule has 0 radical (unpaired) electrons. The molecule has 0 spiro atoms. The van der Waals surface area contributed by atoms with Gasteiger partial charge < -0.3 is 10.1 Å². The number of esters is 1. The predicted molar refractivity (Wildman–Crippen MR) is 121 cm³/mol. The SMILES string of the molecule is COC(=O)c1cc(NC(=O)C2(c3ccc(Cl)cn3)CC2)ccc1-c1cnn(C2CCC2)c1. The smallest absolute Gasteiger partial charge is 0.338 e. The average molecular weight is 451 g/mol. The van der Waals surface area contributed by atoms with Gasteiger partial charge in [0.25, 0.3) is 0 Å². The minimum absolute atomic E-state index is 0.145. The Morgan fingerprint density at radius 3 is 2.62 bits per heavy atom. The minimum atomic E-state index is -0.654. The van der Waals surface area contributed by atoms with E-state index in [1.54, 1.807) is 36.7 Å². The maximum absolute atomic E-state index is 13.1. The van der Waals surface area contributed by atoms with Crippen LogP contribution in [0.4, 0.5) is 5.69 Å². The molecule has 8 heteroatoms. The largest absolute Gasteiger partial charge is 0.465 e. The number of rotatable bonds is 6. The van der Waals surface area contributed by atoms with Gasteiger partial charge in [0.15, 0.2) is 0 Å². The van der Waals surface area contributed by atoms with Crippen LogP contribution < -0.4 is 5.32 Å². The summed E-state index contributed by atoms with van der Waals surface area (Å²) in [6.07, 6.45) is 10.2. The van der Waals surface area contributed by atoms with Crippen molar-refractivity contribution < 1.29 is 14.3 Å². The van der Waals surface area contributed by atoms with Crippen LogP contribution in [0.1, 0.15) is 54.2 Å². The van der Waals surface area contributed by atoms with Crippen molar-refractivity contribution in [3.8, 4) is 11.1 Å². The van der Waals surface area contributed by atoms with Crippen LogP contribution in [-0.2, 0) is 14.9 Å². The van der Waals surface area contributed by atoms with Gasteiger partial charge in [-0.1, -0.05) is 17.7 Å². The standard InChI is InChI=1S/C24H23ClN4O3/c1-32-22(30)20-11-17(6-7-19(20)15-12-27-29(14-15)18-3-2-4-18)28-23(31)24(9-10-24)21-8-5-16(25)13-26-21/h5-8,11-14,18H,2-4,9-10H2,1H3,(H,28,31). The Balaban J connectivity index is 1.41. The molecular formula is C24H23ClN4O3. The number of amides is 1. The number of carbonyl (C=O) groups is 2. The van der Waals surface area contributed by atoms with E-state index < -0.39 is 11.4 Å². The zero-order valence-corrected chi connectivity index (χ0v) is 18.4. The van der Waals surface area contributed by atoms with Crippen LogP contribution in [0.15, 0.2) is 48.9 Å². The summed E-state index contributed by atoms with van der Waals surface area (Å²) < 4.78 is 6.97. The minimum Gasteiger partial charge on any atom is -0.465 e. The van der Waals surface area contributed by atoms with Gasteiger partial charge in [0.1, 0.15) is 0 Å². The summed E-state index contributed by atoms with van der Waals surface area (Å²) in [4.78, 5) is 30.0. The molecule has 2 aliphatic carbocycles. The summed E-state index contributed by atoms with van der Waals surface area (Å²) in [5.74, 6) is -0.610. The molecule has 0 bridgehead atoms. The van der Waals surface area contributed by atoms with Gasteiger partial charge in [-0.15, -0.1) is 0 Å². The third-order valence-corrected chi connectivity index (χ3v) is 6.67. The normalized spacial score (nSPS) is 16.8. The van der Waals surface area contributed by atoms with E-state index in [0.717, 1.165) is 36.8 Å². The highest BCUT2D eigenvalue weighted by atomic mass is 35.5. The molecule has 5 rings (SSSR count). The van der Waals surface area contributed by atoms with Crippen molar-refractivity contribution in [2.24, 2.45) is 0 Å². The molecule has 1 N–H and O–H groups in total. The third-order valence-electron chi connectivity index (χ3n) is 6.45. The lowest BCUT2D eigenvalue weighted by Crippen LogP contribution is -2.28. The molecule has 1 aromatic carbocycles. The van der Waals surface area contributed by atoms with Gasteiger partial charge in [-0.3, -0.25) is 14.5 Å². The molecule has 2 aromatic heterocycles. The van der Waals surface area contributed by atoms with Crippen molar-refractivity contribution in [1.29, 1.82) is 0 Å². The Bertz CT molecular complexity index is 1180. The lowest BCUT2D eigenvalue weighted by molar-refractivity contribution is -0.118. The van der Waals surface area contributed by atoms with Gasteiger partial charge in [-0.05, 0) is 61.9 Å². The van der Waals surface area contributed by atoms with Gasteiger partial charge >= 0.3 is 5.97 Å². The van der Waals surface area contributed by atoms with E-state index in [1.165, 1.54) is 13.5 Å². The van der Waals surface area contributed by atoms with Gasteiger partial charge in [-0.2, -0.15) is 5.10 Å². The first kappa shape index (κ1) is 20.7. The Labute approximate surface area is 190 Å². The fraction of sp³-hybridized carbons (Fsp3) is 0.333. The fourth-order valence-corrected chi connectivity index (χ4v) is 4.23. The summed E-state index contributed by atoms with van der Waals surface area (Å²) in [5.41, 5.74) is 2.53. The Morgan fingerprint density at radius 1 is 1.19 bits per heavy atom. The number of ether oxygens (including phenoxy) is 1. The molecule has 2 aliphatic rings. The maximum atomic E-state index is 13.1. The van der Waals surface area contributed by atoms with E-state index in [1.807, 2.05) is 16.9 Å². The second kappa shape index (κ2) is 8.06. The summed E-state index contributed by atoms with van der Waals surface area (Å²) in [5, 5.41) is 7.96. The molecule has 7 nitrogen and oxygen atoms in total. The number of nitrogens with one attached hydrogen (secondary N) is 1. The molecule has 2 fully saturated rings. The highest BCUT2D eigenvalue weighted by Gasteiger charge is 2.52. The molecule has 164 valence electrons. The summed E-state index contributed by atoms with van der Waals surface area (Å²) in [6, 6.07) is 9.24. The van der Waals surface area contributed by atoms with Crippen LogP contribution in [0, 0.1) is 0 Å². The molecular weight excluding hydrogens is 428 g/mol. The highest BCUT2D eigenvalue weighted by molar-refractivity contribution is 6.30. The third kappa shape index (κ3) is 3.66. The number of hydrogen-bond acceptors (Lipinski definition) is 5. The van der Waals surface area contributed by atoms with Crippen molar-refractivity contribution in [1.82, 2.24) is 14.8 Å². The zero-order chi connectivity index (χ0) is 22.3. The van der Waals surface area contributed by atoms with Crippen LogP contribution in [0.3, 0.4) is 0 Å². The molecule has 0 atom stereocenters. The number of hydrogen-bond donors (Lipinski definition) is 1. The second-order valence-electron chi connectivity index (χ2n) is 8.44. The number of halogens is 1. The summed E-state index contributed by atoms with van der Waals surface area (Å²) in [7, 11) is 1.35. The van der Waals surface area contributed by atoms with Crippen molar-refractivity contribution in [2.45, 2.75) is 43.6 Å². The number of benzene rings is 1. The van der Waals surface area contributed by atoms with Crippen LogP contribution in [-0.4, -0.2) is 33.8 Å². The van der Waals surface area contributed by atoms with Gasteiger partial charge in [-0.25, -0.2) is 4.79 Å². The van der Waals surface area contributed by atoms with E-state index in [0.29, 0.717) is 28.0 Å². The molecule has 0 aliphatic heterocycles. The van der Waals surface area contributed by atoms with E-state index in [9.17, 15) is 9.59 Å². The first-order valence-corrected chi connectivity index (χ1v) is 11.1. The van der Waals surface area contributed by atoms with Crippen molar-refractivity contribution in [3.63, 3.8) is 0 Å². The Kier molecular flexibility index (Phi) is 5.21. The van der Waals surface area contributed by atoms with Crippen molar-refractivity contribution >= 4 is 29.2 Å². The first-order chi connectivity index (χ1) is 15.5. The molecule has 0 saturated heterocycles. The number of aromatic nitrogens is 3. The van der Waals surface area contributed by atoms with Gasteiger partial charge in [0.05, 0.1) is 41.0 Å². The average Bonchev–Trinajstić information content (AvgIpc) is 3.45. The molecule has 3 aromatic rings. The van der Waals surface area contributed by atoms with Gasteiger partial charge in [0.2, 0.25) is 5.91 Å². The van der Waals surface area contributed by atoms with E-state index in [4.69, 9.17) is 16.3 Å². The number of pyridine rings is 1. The number of methoxy groups -OCH3 is 1. The van der Waals surface area contributed by atoms with E-state index in [2.05, 4.69) is 15.4 Å².